The van der Waals surface area contributed by atoms with Crippen LogP contribution in [0.25, 0.3) is 10.8 Å². The van der Waals surface area contributed by atoms with Gasteiger partial charge in [-0.1, -0.05) is 60.7 Å². The number of nitro groups is 2. The smallest absolute Gasteiger partial charge is 0.287 e. The maximum Gasteiger partial charge on any atom is 0.287 e. The summed E-state index contributed by atoms with van der Waals surface area (Å²) in [6.07, 6.45) is 0. The Bertz CT molecular complexity index is 1100. The van der Waals surface area contributed by atoms with Crippen LogP contribution in [-0.2, 0) is 0 Å². The lowest BCUT2D eigenvalue weighted by atomic mass is 9.88. The number of thiocarbonyl (C=S) groups is 1. The Hall–Kier alpha value is -3.39. The molecule has 1 aliphatic heterocycles. The van der Waals surface area contributed by atoms with Crippen molar-refractivity contribution in [3.63, 3.8) is 0 Å². The average Bonchev–Trinajstić information content (AvgIpc) is 2.66. The van der Waals surface area contributed by atoms with Gasteiger partial charge in [-0.15, -0.1) is 0 Å². The Morgan fingerprint density at radius 3 is 2.37 bits per heavy atom. The lowest BCUT2D eigenvalue weighted by molar-refractivity contribution is -0.512. The predicted octanol–water partition coefficient (Wildman–Crippen LogP) is 4.28. The molecule has 0 aliphatic carbocycles. The minimum Gasteiger partial charge on any atom is -0.315 e. The molecule has 0 radical (unpaired) electrons. The summed E-state index contributed by atoms with van der Waals surface area (Å²) < 4.78 is 0. The van der Waals surface area contributed by atoms with Crippen LogP contribution in [0, 0.1) is 20.2 Å². The summed E-state index contributed by atoms with van der Waals surface area (Å²) in [4.78, 5) is 23.7. The van der Waals surface area contributed by atoms with Gasteiger partial charge in [0.1, 0.15) is 6.04 Å². The number of rotatable bonds is 4. The van der Waals surface area contributed by atoms with Crippen LogP contribution in [0.4, 0.5) is 11.4 Å². The van der Waals surface area contributed by atoms with Crippen molar-refractivity contribution in [3.8, 4) is 0 Å². The van der Waals surface area contributed by atoms with Crippen LogP contribution < -0.4 is 4.90 Å². The minimum atomic E-state index is -1.10. The second-order valence-corrected chi connectivity index (χ2v) is 6.65. The van der Waals surface area contributed by atoms with Crippen LogP contribution >= 0.6 is 12.2 Å². The second-order valence-electron chi connectivity index (χ2n) is 6.23. The molecule has 0 N–H and O–H groups in total. The van der Waals surface area contributed by atoms with Crippen LogP contribution in [0.2, 0.25) is 0 Å². The number of nitro benzene ring substituents is 1. The van der Waals surface area contributed by atoms with Crippen molar-refractivity contribution >= 4 is 39.4 Å². The predicted molar refractivity (Wildman–Crippen MR) is 106 cm³/mol. The topological polar surface area (TPSA) is 89.5 Å². The van der Waals surface area contributed by atoms with Crippen molar-refractivity contribution in [2.75, 3.05) is 4.90 Å². The van der Waals surface area contributed by atoms with Crippen molar-refractivity contribution in [2.24, 2.45) is 0 Å². The van der Waals surface area contributed by atoms with Crippen LogP contribution in [0.15, 0.2) is 66.7 Å². The molecule has 8 heteroatoms. The summed E-state index contributed by atoms with van der Waals surface area (Å²) in [6.45, 7) is 0. The van der Waals surface area contributed by atoms with Gasteiger partial charge in [-0.25, -0.2) is 0 Å². The number of anilines is 1. The molecule has 3 aromatic rings. The van der Waals surface area contributed by atoms with E-state index in [4.69, 9.17) is 12.2 Å². The van der Waals surface area contributed by atoms with Gasteiger partial charge in [0.25, 0.3) is 11.7 Å². The third-order valence-corrected chi connectivity index (χ3v) is 5.18. The zero-order chi connectivity index (χ0) is 19.1. The van der Waals surface area contributed by atoms with E-state index < -0.39 is 21.9 Å². The van der Waals surface area contributed by atoms with Gasteiger partial charge in [-0.3, -0.25) is 20.2 Å². The summed E-state index contributed by atoms with van der Waals surface area (Å²) in [5, 5.41) is 24.6. The van der Waals surface area contributed by atoms with E-state index in [-0.39, 0.29) is 10.7 Å². The first-order valence-corrected chi connectivity index (χ1v) is 8.58. The fourth-order valence-electron chi connectivity index (χ4n) is 3.52. The first-order valence-electron chi connectivity index (χ1n) is 8.18. The molecule has 27 heavy (non-hydrogen) atoms. The van der Waals surface area contributed by atoms with E-state index in [0.717, 1.165) is 16.5 Å². The lowest BCUT2D eigenvalue weighted by Gasteiger charge is -2.45. The molecule has 2 atom stereocenters. The molecule has 3 aromatic carbocycles. The largest absolute Gasteiger partial charge is 0.315 e. The molecular weight excluding hydrogens is 366 g/mol. The van der Waals surface area contributed by atoms with Gasteiger partial charge in [0.05, 0.1) is 10.6 Å². The SMILES string of the molecule is O=[N+]([O-])c1cccc([C@H]2[C@@H]([N+](=O)[O-])C(=S)N2c2cccc3ccccc23)c1. The molecule has 1 heterocycles. The van der Waals surface area contributed by atoms with Crippen molar-refractivity contribution in [1.29, 1.82) is 0 Å². The molecule has 1 saturated heterocycles. The molecule has 0 saturated carbocycles. The summed E-state index contributed by atoms with van der Waals surface area (Å²) >= 11 is 5.36. The molecule has 4 rings (SSSR count). The fraction of sp³-hybridized carbons (Fsp3) is 0.105. The van der Waals surface area contributed by atoms with E-state index in [2.05, 4.69) is 0 Å². The lowest BCUT2D eigenvalue weighted by Crippen LogP contribution is -2.61. The number of fused-ring (bicyclic) bond motifs is 1. The number of hydrogen-bond donors (Lipinski definition) is 0. The monoisotopic (exact) mass is 379 g/mol. The molecule has 0 aromatic heterocycles. The maximum atomic E-state index is 11.6. The van der Waals surface area contributed by atoms with Gasteiger partial charge in [0.2, 0.25) is 0 Å². The van der Waals surface area contributed by atoms with Gasteiger partial charge in [-0.2, -0.15) is 0 Å². The van der Waals surface area contributed by atoms with Gasteiger partial charge in [0.15, 0.2) is 4.99 Å². The molecule has 134 valence electrons. The number of nitrogens with zero attached hydrogens (tertiary/aromatic N) is 3. The van der Waals surface area contributed by atoms with E-state index in [1.165, 1.54) is 18.2 Å². The van der Waals surface area contributed by atoms with Crippen molar-refractivity contribution in [2.45, 2.75) is 12.1 Å². The third kappa shape index (κ3) is 2.70. The van der Waals surface area contributed by atoms with Gasteiger partial charge >= 0.3 is 0 Å². The Morgan fingerprint density at radius 2 is 1.63 bits per heavy atom. The summed E-state index contributed by atoms with van der Waals surface area (Å²) in [5.41, 5.74) is 1.14. The van der Waals surface area contributed by atoms with Crippen molar-refractivity contribution in [1.82, 2.24) is 0 Å². The zero-order valence-electron chi connectivity index (χ0n) is 13.9. The molecule has 0 unspecified atom stereocenters. The van der Waals surface area contributed by atoms with Crippen molar-refractivity contribution < 1.29 is 9.85 Å². The van der Waals surface area contributed by atoms with E-state index in [9.17, 15) is 20.2 Å². The minimum absolute atomic E-state index is 0.106. The second kappa shape index (κ2) is 6.40. The summed E-state index contributed by atoms with van der Waals surface area (Å²) in [5.74, 6) is 0. The number of benzene rings is 3. The van der Waals surface area contributed by atoms with Crippen molar-refractivity contribution in [3.05, 3.63) is 92.5 Å². The summed E-state index contributed by atoms with van der Waals surface area (Å²) in [7, 11) is 0. The maximum absolute atomic E-state index is 11.6. The standard InChI is InChI=1S/C19H13N3O4S/c23-21(24)14-8-3-7-13(11-14)17-18(22(25)26)19(27)20(17)16-10-4-6-12-5-1-2-9-15(12)16/h1-11,17-18H/t17-,18+/m0/s1. The Morgan fingerprint density at radius 1 is 0.926 bits per heavy atom. The Kier molecular flexibility index (Phi) is 4.04. The van der Waals surface area contributed by atoms with Gasteiger partial charge in [0, 0.05) is 22.4 Å². The van der Waals surface area contributed by atoms with Crippen LogP contribution in [0.3, 0.4) is 0 Å². The molecule has 0 spiro atoms. The van der Waals surface area contributed by atoms with E-state index in [1.807, 2.05) is 42.5 Å². The van der Waals surface area contributed by atoms with Crippen LogP contribution in [0.5, 0.6) is 0 Å². The number of hydrogen-bond acceptors (Lipinski definition) is 5. The highest BCUT2D eigenvalue weighted by Crippen LogP contribution is 2.44. The zero-order valence-corrected chi connectivity index (χ0v) is 14.7. The highest BCUT2D eigenvalue weighted by molar-refractivity contribution is 7.80. The average molecular weight is 379 g/mol. The molecule has 7 nitrogen and oxygen atoms in total. The normalized spacial score (nSPS) is 19.0. The van der Waals surface area contributed by atoms with Gasteiger partial charge < -0.3 is 4.90 Å². The Labute approximate surface area is 159 Å². The first kappa shape index (κ1) is 17.0. The van der Waals surface area contributed by atoms with E-state index >= 15 is 0 Å². The fourth-order valence-corrected chi connectivity index (χ4v) is 3.95. The highest BCUT2D eigenvalue weighted by Gasteiger charge is 2.54. The summed E-state index contributed by atoms with van der Waals surface area (Å²) in [6, 6.07) is 17.5. The first-order chi connectivity index (χ1) is 13.0. The molecule has 0 bridgehead atoms. The molecule has 0 amide bonds. The van der Waals surface area contributed by atoms with Crippen LogP contribution in [0.1, 0.15) is 11.6 Å². The quantitative estimate of drug-likeness (QED) is 0.382. The van der Waals surface area contributed by atoms with E-state index in [0.29, 0.717) is 5.56 Å². The molecular formula is C19H13N3O4S. The third-order valence-electron chi connectivity index (χ3n) is 4.74. The molecule has 1 aliphatic rings. The number of non-ortho nitro benzene ring substituents is 1. The Balaban J connectivity index is 1.86. The molecule has 1 fully saturated rings. The van der Waals surface area contributed by atoms with Gasteiger partial charge in [-0.05, 0) is 17.0 Å². The highest BCUT2D eigenvalue weighted by atomic mass is 32.1. The van der Waals surface area contributed by atoms with Crippen LogP contribution in [-0.4, -0.2) is 20.9 Å². The van der Waals surface area contributed by atoms with E-state index in [1.54, 1.807) is 11.0 Å².